The van der Waals surface area contributed by atoms with Crippen molar-refractivity contribution in [2.24, 2.45) is 0 Å². The molecule has 0 aliphatic heterocycles. The first-order valence-corrected chi connectivity index (χ1v) is 8.56. The van der Waals surface area contributed by atoms with E-state index in [0.717, 1.165) is 6.54 Å². The third-order valence-corrected chi connectivity index (χ3v) is 4.32. The van der Waals surface area contributed by atoms with Crippen molar-refractivity contribution in [3.8, 4) is 0 Å². The molecule has 0 aromatic heterocycles. The number of sulfonamides is 1. The van der Waals surface area contributed by atoms with Gasteiger partial charge in [-0.2, -0.15) is 0 Å². The van der Waals surface area contributed by atoms with E-state index in [2.05, 4.69) is 10.0 Å². The molecule has 1 aromatic carbocycles. The molecule has 5 nitrogen and oxygen atoms in total. The molecule has 0 bridgehead atoms. The van der Waals surface area contributed by atoms with Crippen LogP contribution in [0.3, 0.4) is 0 Å². The molecule has 0 saturated heterocycles. The molecular weight excluding hydrogens is 295 g/mol. The van der Waals surface area contributed by atoms with E-state index in [1.165, 1.54) is 12.1 Å². The summed E-state index contributed by atoms with van der Waals surface area (Å²) in [5, 5.41) is 3.06. The van der Waals surface area contributed by atoms with E-state index in [1.54, 1.807) is 6.07 Å². The van der Waals surface area contributed by atoms with Gasteiger partial charge in [0.1, 0.15) is 10.7 Å². The third kappa shape index (κ3) is 6.09. The summed E-state index contributed by atoms with van der Waals surface area (Å²) in [5.74, 6) is -0.734. The van der Waals surface area contributed by atoms with Gasteiger partial charge < -0.3 is 10.1 Å². The van der Waals surface area contributed by atoms with E-state index in [9.17, 15) is 12.8 Å². The van der Waals surface area contributed by atoms with Crippen LogP contribution in [0, 0.1) is 5.82 Å². The van der Waals surface area contributed by atoms with Crippen LogP contribution < -0.4 is 10.0 Å². The van der Waals surface area contributed by atoms with Crippen molar-refractivity contribution in [1.29, 1.82) is 0 Å². The summed E-state index contributed by atoms with van der Waals surface area (Å²) >= 11 is 0. The highest BCUT2D eigenvalue weighted by Gasteiger charge is 2.18. The minimum absolute atomic E-state index is 0.223. The van der Waals surface area contributed by atoms with E-state index in [0.29, 0.717) is 31.7 Å². The Morgan fingerprint density at radius 2 is 2.05 bits per heavy atom. The molecule has 0 aliphatic carbocycles. The molecule has 0 heterocycles. The molecular formula is C14H23FN2O3S. The third-order valence-electron chi connectivity index (χ3n) is 2.83. The zero-order chi connectivity index (χ0) is 15.7. The lowest BCUT2D eigenvalue weighted by molar-refractivity contribution is 0.146. The fourth-order valence-corrected chi connectivity index (χ4v) is 2.88. The number of hydrogen-bond donors (Lipinski definition) is 2. The van der Waals surface area contributed by atoms with Crippen LogP contribution in [0.15, 0.2) is 23.1 Å². The first-order chi connectivity index (χ1) is 10.0. The molecule has 120 valence electrons. The van der Waals surface area contributed by atoms with Crippen LogP contribution in [0.4, 0.5) is 4.39 Å². The Labute approximate surface area is 125 Å². The first-order valence-electron chi connectivity index (χ1n) is 7.07. The van der Waals surface area contributed by atoms with Gasteiger partial charge in [-0.1, -0.05) is 13.0 Å². The molecule has 1 rings (SSSR count). The zero-order valence-corrected chi connectivity index (χ0v) is 13.3. The van der Waals surface area contributed by atoms with Crippen molar-refractivity contribution in [2.75, 3.05) is 26.3 Å². The molecule has 0 saturated carbocycles. The highest BCUT2D eigenvalue weighted by Crippen LogP contribution is 2.16. The quantitative estimate of drug-likeness (QED) is 0.644. The van der Waals surface area contributed by atoms with Gasteiger partial charge in [0.2, 0.25) is 10.0 Å². The lowest BCUT2D eigenvalue weighted by Gasteiger charge is -2.09. The largest absolute Gasteiger partial charge is 0.382 e. The molecule has 0 atom stereocenters. The second-order valence-corrected chi connectivity index (χ2v) is 6.23. The van der Waals surface area contributed by atoms with E-state index >= 15 is 0 Å². The average molecular weight is 318 g/mol. The van der Waals surface area contributed by atoms with Crippen molar-refractivity contribution in [3.05, 3.63) is 29.6 Å². The zero-order valence-electron chi connectivity index (χ0n) is 12.5. The Kier molecular flexibility index (Phi) is 7.81. The van der Waals surface area contributed by atoms with Crippen molar-refractivity contribution >= 4 is 10.0 Å². The van der Waals surface area contributed by atoms with Gasteiger partial charge in [-0.3, -0.25) is 0 Å². The predicted octanol–water partition coefficient (Wildman–Crippen LogP) is 1.64. The summed E-state index contributed by atoms with van der Waals surface area (Å²) < 4.78 is 45.4. The summed E-state index contributed by atoms with van der Waals surface area (Å²) in [7, 11) is -3.82. The maximum atomic E-state index is 13.9. The highest BCUT2D eigenvalue weighted by atomic mass is 32.2. The number of nitrogens with one attached hydrogen (secondary N) is 2. The lowest BCUT2D eigenvalue weighted by atomic mass is 10.2. The van der Waals surface area contributed by atoms with Gasteiger partial charge in [0.15, 0.2) is 0 Å². The summed E-state index contributed by atoms with van der Waals surface area (Å²) in [5.41, 5.74) is 0.713. The van der Waals surface area contributed by atoms with Crippen LogP contribution in [0.1, 0.15) is 25.8 Å². The minimum atomic E-state index is -3.82. The standard InChI is InChI=1S/C14H23FN2O3S/c1-3-16-11-12-6-7-14(13(15)10-12)21(18,19)17-8-5-9-20-4-2/h6-7,10,16-17H,3-5,8-9,11H2,1-2H3. The minimum Gasteiger partial charge on any atom is -0.382 e. The summed E-state index contributed by atoms with van der Waals surface area (Å²) in [6.07, 6.45) is 0.549. The smallest absolute Gasteiger partial charge is 0.243 e. The number of halogens is 1. The second-order valence-electron chi connectivity index (χ2n) is 4.49. The molecule has 2 N–H and O–H groups in total. The first kappa shape index (κ1) is 18.0. The number of ether oxygens (including phenoxy) is 1. The van der Waals surface area contributed by atoms with Gasteiger partial charge in [-0.25, -0.2) is 17.5 Å². The number of hydrogen-bond acceptors (Lipinski definition) is 4. The van der Waals surface area contributed by atoms with Crippen LogP contribution >= 0.6 is 0 Å². The van der Waals surface area contributed by atoms with E-state index in [-0.39, 0.29) is 11.4 Å². The van der Waals surface area contributed by atoms with Crippen molar-refractivity contribution in [1.82, 2.24) is 10.0 Å². The highest BCUT2D eigenvalue weighted by molar-refractivity contribution is 7.89. The van der Waals surface area contributed by atoms with Gasteiger partial charge in [0.25, 0.3) is 0 Å². The van der Waals surface area contributed by atoms with Crippen LogP contribution in [-0.2, 0) is 21.3 Å². The number of rotatable bonds is 10. The average Bonchev–Trinajstić information content (AvgIpc) is 2.44. The number of benzene rings is 1. The molecule has 0 aliphatic rings. The summed E-state index contributed by atoms with van der Waals surface area (Å²) in [6, 6.07) is 4.16. The van der Waals surface area contributed by atoms with Crippen LogP contribution in [0.5, 0.6) is 0 Å². The van der Waals surface area contributed by atoms with E-state index < -0.39 is 15.8 Å². The van der Waals surface area contributed by atoms with Gasteiger partial charge in [0, 0.05) is 26.3 Å². The van der Waals surface area contributed by atoms with Crippen LogP contribution in [-0.4, -0.2) is 34.7 Å². The summed E-state index contributed by atoms with van der Waals surface area (Å²) in [6.45, 7) is 6.38. The van der Waals surface area contributed by atoms with E-state index in [1.807, 2.05) is 13.8 Å². The molecule has 0 radical (unpaired) electrons. The SMILES string of the molecule is CCNCc1ccc(S(=O)(=O)NCCCOCC)c(F)c1. The Morgan fingerprint density at radius 1 is 1.29 bits per heavy atom. The van der Waals surface area contributed by atoms with Crippen molar-refractivity contribution in [2.45, 2.75) is 31.7 Å². The predicted molar refractivity (Wildman–Crippen MR) is 80.1 cm³/mol. The Morgan fingerprint density at radius 3 is 2.67 bits per heavy atom. The molecule has 7 heteroatoms. The normalized spacial score (nSPS) is 11.8. The van der Waals surface area contributed by atoms with Crippen molar-refractivity contribution < 1.29 is 17.5 Å². The molecule has 0 amide bonds. The second kappa shape index (κ2) is 9.09. The van der Waals surface area contributed by atoms with Crippen LogP contribution in [0.25, 0.3) is 0 Å². The molecule has 0 fully saturated rings. The van der Waals surface area contributed by atoms with Crippen molar-refractivity contribution in [3.63, 3.8) is 0 Å². The molecule has 21 heavy (non-hydrogen) atoms. The van der Waals surface area contributed by atoms with Gasteiger partial charge in [-0.15, -0.1) is 0 Å². The van der Waals surface area contributed by atoms with Crippen LogP contribution in [0.2, 0.25) is 0 Å². The maximum absolute atomic E-state index is 13.9. The fourth-order valence-electron chi connectivity index (χ4n) is 1.74. The Hall–Kier alpha value is -1.02. The molecule has 1 aromatic rings. The molecule has 0 spiro atoms. The van der Waals surface area contributed by atoms with E-state index in [4.69, 9.17) is 4.74 Å². The monoisotopic (exact) mass is 318 g/mol. The maximum Gasteiger partial charge on any atom is 0.243 e. The summed E-state index contributed by atoms with van der Waals surface area (Å²) in [4.78, 5) is -0.320. The van der Waals surface area contributed by atoms with Gasteiger partial charge in [0.05, 0.1) is 0 Å². The topological polar surface area (TPSA) is 67.4 Å². The van der Waals surface area contributed by atoms with Gasteiger partial charge in [-0.05, 0) is 37.6 Å². The molecule has 0 unspecified atom stereocenters. The van der Waals surface area contributed by atoms with Gasteiger partial charge >= 0.3 is 0 Å². The fraction of sp³-hybridized carbons (Fsp3) is 0.571. The Balaban J connectivity index is 2.65. The Bertz CT molecular complexity index is 535. The lowest BCUT2D eigenvalue weighted by Crippen LogP contribution is -2.26.